The minimum absolute atomic E-state index is 0.0618. The van der Waals surface area contributed by atoms with Gasteiger partial charge in [-0.05, 0) is 55.9 Å². The number of Topliss-reactive ketones (excluding diaryl/α,β-unsaturated/α-hetero) is 1. The van der Waals surface area contributed by atoms with Crippen molar-refractivity contribution in [2.75, 3.05) is 7.11 Å². The van der Waals surface area contributed by atoms with Gasteiger partial charge in [-0.15, -0.1) is 0 Å². The van der Waals surface area contributed by atoms with Gasteiger partial charge in [-0.25, -0.2) is 4.79 Å². The number of benzene rings is 2. The molecule has 0 fully saturated rings. The first kappa shape index (κ1) is 22.8. The second-order valence-corrected chi connectivity index (χ2v) is 8.83. The van der Waals surface area contributed by atoms with Gasteiger partial charge in [0, 0.05) is 29.3 Å². The number of ether oxygens (including phenoxy) is 2. The van der Waals surface area contributed by atoms with E-state index >= 15 is 0 Å². The standard InChI is InChI=1S/C28H31NO4/c1-5-17(2)33-28(31)25-18(3)29-23-15-21(19-10-7-6-8-11-19)16-24(30)27(23)26(25)20-12-9-13-22(14-20)32-4/h6-14,17,21,26,29H,5,15-16H2,1-4H3/t17-,21-,26+/m1/s1. The Hall–Kier alpha value is -3.34. The highest BCUT2D eigenvalue weighted by molar-refractivity contribution is 6.04. The van der Waals surface area contributed by atoms with Crippen LogP contribution in [0.4, 0.5) is 0 Å². The number of ketones is 1. The Labute approximate surface area is 195 Å². The number of methoxy groups -OCH3 is 1. The van der Waals surface area contributed by atoms with Crippen LogP contribution >= 0.6 is 0 Å². The quantitative estimate of drug-likeness (QED) is 0.603. The van der Waals surface area contributed by atoms with Crippen LogP contribution < -0.4 is 10.1 Å². The van der Waals surface area contributed by atoms with Gasteiger partial charge in [0.05, 0.1) is 18.8 Å². The van der Waals surface area contributed by atoms with Gasteiger partial charge in [-0.1, -0.05) is 49.4 Å². The molecule has 1 heterocycles. The molecular weight excluding hydrogens is 414 g/mol. The van der Waals surface area contributed by atoms with Crippen molar-refractivity contribution >= 4 is 11.8 Å². The second-order valence-electron chi connectivity index (χ2n) is 8.83. The van der Waals surface area contributed by atoms with Crippen molar-refractivity contribution in [1.29, 1.82) is 0 Å². The third-order valence-corrected chi connectivity index (χ3v) is 6.63. The number of carbonyl (C=O) groups excluding carboxylic acids is 2. The van der Waals surface area contributed by atoms with Crippen molar-refractivity contribution in [1.82, 2.24) is 5.32 Å². The Balaban J connectivity index is 1.80. The molecular formula is C28H31NO4. The van der Waals surface area contributed by atoms with Gasteiger partial charge in [0.25, 0.3) is 0 Å². The van der Waals surface area contributed by atoms with Gasteiger partial charge in [-0.3, -0.25) is 4.79 Å². The summed E-state index contributed by atoms with van der Waals surface area (Å²) in [5.74, 6) is -0.0150. The lowest BCUT2D eigenvalue weighted by Gasteiger charge is -2.37. The van der Waals surface area contributed by atoms with Crippen LogP contribution in [0.5, 0.6) is 5.75 Å². The van der Waals surface area contributed by atoms with Crippen LogP contribution in [-0.4, -0.2) is 25.0 Å². The zero-order valence-corrected chi connectivity index (χ0v) is 19.7. The molecule has 0 bridgehead atoms. The third kappa shape index (κ3) is 4.58. The van der Waals surface area contributed by atoms with Crippen LogP contribution in [0.1, 0.15) is 63.0 Å². The smallest absolute Gasteiger partial charge is 0.337 e. The van der Waals surface area contributed by atoms with E-state index in [-0.39, 0.29) is 23.8 Å². The van der Waals surface area contributed by atoms with Crippen molar-refractivity contribution in [3.8, 4) is 5.75 Å². The average Bonchev–Trinajstić information content (AvgIpc) is 2.83. The van der Waals surface area contributed by atoms with Crippen LogP contribution in [0, 0.1) is 0 Å². The van der Waals surface area contributed by atoms with E-state index in [1.54, 1.807) is 7.11 Å². The number of dihydropyridines is 1. The number of carbonyl (C=O) groups is 2. The van der Waals surface area contributed by atoms with E-state index in [4.69, 9.17) is 9.47 Å². The molecule has 5 heteroatoms. The van der Waals surface area contributed by atoms with Crippen LogP contribution in [0.25, 0.3) is 0 Å². The van der Waals surface area contributed by atoms with E-state index in [0.717, 1.165) is 35.4 Å². The van der Waals surface area contributed by atoms with Gasteiger partial charge in [0.2, 0.25) is 0 Å². The van der Waals surface area contributed by atoms with Crippen molar-refractivity contribution in [2.45, 2.75) is 58.0 Å². The molecule has 33 heavy (non-hydrogen) atoms. The first-order valence-corrected chi connectivity index (χ1v) is 11.6. The lowest BCUT2D eigenvalue weighted by Crippen LogP contribution is -2.36. The number of esters is 1. The maximum Gasteiger partial charge on any atom is 0.337 e. The Morgan fingerprint density at radius 2 is 1.82 bits per heavy atom. The molecule has 0 amide bonds. The van der Waals surface area contributed by atoms with Crippen LogP contribution in [0.15, 0.2) is 77.1 Å². The van der Waals surface area contributed by atoms with Gasteiger partial charge in [0.15, 0.2) is 5.78 Å². The van der Waals surface area contributed by atoms with E-state index in [1.807, 2.05) is 63.2 Å². The largest absolute Gasteiger partial charge is 0.497 e. The topological polar surface area (TPSA) is 64.6 Å². The summed E-state index contributed by atoms with van der Waals surface area (Å²) in [7, 11) is 1.61. The normalized spacial score (nSPS) is 21.3. The highest BCUT2D eigenvalue weighted by Crippen LogP contribution is 2.46. The zero-order chi connectivity index (χ0) is 23.5. The van der Waals surface area contributed by atoms with Crippen molar-refractivity contribution < 1.29 is 19.1 Å². The summed E-state index contributed by atoms with van der Waals surface area (Å²) in [6, 6.07) is 17.7. The van der Waals surface area contributed by atoms with Gasteiger partial charge < -0.3 is 14.8 Å². The van der Waals surface area contributed by atoms with E-state index in [1.165, 1.54) is 0 Å². The molecule has 2 aromatic rings. The Kier molecular flexibility index (Phi) is 6.68. The molecule has 172 valence electrons. The first-order valence-electron chi connectivity index (χ1n) is 11.6. The second kappa shape index (κ2) is 9.65. The van der Waals surface area contributed by atoms with Crippen molar-refractivity contribution in [2.24, 2.45) is 0 Å². The first-order chi connectivity index (χ1) is 15.9. The van der Waals surface area contributed by atoms with Gasteiger partial charge >= 0.3 is 5.97 Å². The molecule has 2 aliphatic rings. The highest BCUT2D eigenvalue weighted by Gasteiger charge is 2.41. The molecule has 0 unspecified atom stereocenters. The molecule has 1 aliphatic carbocycles. The molecule has 1 aliphatic heterocycles. The molecule has 0 saturated heterocycles. The number of rotatable bonds is 6. The number of hydrogen-bond donors (Lipinski definition) is 1. The maximum atomic E-state index is 13.6. The Bertz CT molecular complexity index is 1120. The molecule has 0 spiro atoms. The number of hydrogen-bond acceptors (Lipinski definition) is 5. The monoisotopic (exact) mass is 445 g/mol. The fraction of sp³-hybridized carbons (Fsp3) is 0.357. The van der Waals surface area contributed by atoms with Crippen molar-refractivity contribution in [3.63, 3.8) is 0 Å². The summed E-state index contributed by atoms with van der Waals surface area (Å²) in [4.78, 5) is 26.9. The molecule has 3 atom stereocenters. The van der Waals surface area contributed by atoms with Crippen LogP contribution in [0.3, 0.4) is 0 Å². The third-order valence-electron chi connectivity index (χ3n) is 6.63. The summed E-state index contributed by atoms with van der Waals surface area (Å²) >= 11 is 0. The summed E-state index contributed by atoms with van der Waals surface area (Å²) in [5, 5.41) is 3.41. The summed E-state index contributed by atoms with van der Waals surface area (Å²) < 4.78 is 11.2. The SMILES string of the molecule is CC[C@@H](C)OC(=O)C1=C(C)NC2=C(C(=O)C[C@H](c3ccccc3)C2)[C@H]1c1cccc(OC)c1. The van der Waals surface area contributed by atoms with Crippen molar-refractivity contribution in [3.05, 3.63) is 88.3 Å². The Morgan fingerprint density at radius 1 is 1.09 bits per heavy atom. The summed E-state index contributed by atoms with van der Waals surface area (Å²) in [6.45, 7) is 5.75. The fourth-order valence-electron chi connectivity index (χ4n) is 4.75. The van der Waals surface area contributed by atoms with Gasteiger partial charge in [0.1, 0.15) is 5.75 Å². The minimum atomic E-state index is -0.489. The molecule has 1 N–H and O–H groups in total. The number of allylic oxidation sites excluding steroid dienone is 3. The van der Waals surface area contributed by atoms with E-state index in [0.29, 0.717) is 23.3 Å². The Morgan fingerprint density at radius 3 is 2.52 bits per heavy atom. The number of nitrogens with one attached hydrogen (secondary N) is 1. The molecule has 5 nitrogen and oxygen atoms in total. The van der Waals surface area contributed by atoms with Gasteiger partial charge in [-0.2, -0.15) is 0 Å². The molecule has 4 rings (SSSR count). The highest BCUT2D eigenvalue weighted by atomic mass is 16.5. The molecule has 0 saturated carbocycles. The average molecular weight is 446 g/mol. The molecule has 0 aromatic heterocycles. The zero-order valence-electron chi connectivity index (χ0n) is 19.7. The lowest BCUT2D eigenvalue weighted by molar-refractivity contribution is -0.144. The lowest BCUT2D eigenvalue weighted by atomic mass is 9.71. The predicted octanol–water partition coefficient (Wildman–Crippen LogP) is 5.40. The van der Waals surface area contributed by atoms with E-state index < -0.39 is 5.92 Å². The minimum Gasteiger partial charge on any atom is -0.497 e. The molecule has 0 radical (unpaired) electrons. The predicted molar refractivity (Wildman–Crippen MR) is 128 cm³/mol. The maximum absolute atomic E-state index is 13.6. The van der Waals surface area contributed by atoms with E-state index in [2.05, 4.69) is 17.4 Å². The molecule has 2 aromatic carbocycles. The van der Waals surface area contributed by atoms with Crippen LogP contribution in [-0.2, 0) is 14.3 Å². The fourth-order valence-corrected chi connectivity index (χ4v) is 4.75. The summed E-state index contributed by atoms with van der Waals surface area (Å²) in [5.41, 5.74) is 4.79. The summed E-state index contributed by atoms with van der Waals surface area (Å²) in [6.07, 6.45) is 1.65. The van der Waals surface area contributed by atoms with Crippen LogP contribution in [0.2, 0.25) is 0 Å². The van der Waals surface area contributed by atoms with E-state index in [9.17, 15) is 9.59 Å².